The quantitative estimate of drug-likeness (QED) is 0.870. The molecule has 6 nitrogen and oxygen atoms in total. The summed E-state index contributed by atoms with van der Waals surface area (Å²) in [5.74, 6) is 0. The molecule has 0 saturated heterocycles. The van der Waals surface area contributed by atoms with Gasteiger partial charge in [0.25, 0.3) is 0 Å². The molecule has 0 unspecified atom stereocenters. The summed E-state index contributed by atoms with van der Waals surface area (Å²) >= 11 is 0. The molecule has 1 aliphatic carbocycles. The highest BCUT2D eigenvalue weighted by atomic mass is 32.2. The third kappa shape index (κ3) is 3.84. The van der Waals surface area contributed by atoms with E-state index in [1.807, 2.05) is 6.92 Å². The number of hydrogen-bond donors (Lipinski definition) is 2. The molecule has 1 aliphatic rings. The Kier molecular flexibility index (Phi) is 4.47. The number of carbonyl (C=O) groups is 1. The Morgan fingerprint density at radius 3 is 2.39 bits per heavy atom. The standard InChI is InChI=1S/C16H24N2O4S/c1-11-5-7-12(8-6-11)23(20,21)13-9-16(13,10-17)18-14(19)22-15(2,3)4/h5-8,13H,9-10,17H2,1-4H3,(H,18,19)/t13-,16+/m0/s1. The van der Waals surface area contributed by atoms with Gasteiger partial charge in [-0.05, 0) is 46.2 Å². The summed E-state index contributed by atoms with van der Waals surface area (Å²) < 4.78 is 30.6. The second kappa shape index (κ2) is 5.79. The molecule has 1 aromatic carbocycles. The lowest BCUT2D eigenvalue weighted by molar-refractivity contribution is 0.0499. The first kappa shape index (κ1) is 17.7. The van der Waals surface area contributed by atoms with Gasteiger partial charge in [0, 0.05) is 6.54 Å². The maximum absolute atomic E-state index is 12.7. The van der Waals surface area contributed by atoms with Gasteiger partial charge in [-0.3, -0.25) is 0 Å². The average molecular weight is 340 g/mol. The lowest BCUT2D eigenvalue weighted by atomic mass is 10.2. The van der Waals surface area contributed by atoms with Crippen LogP contribution in [0.4, 0.5) is 4.79 Å². The van der Waals surface area contributed by atoms with Crippen LogP contribution in [0.3, 0.4) is 0 Å². The van der Waals surface area contributed by atoms with Crippen LogP contribution in [0.5, 0.6) is 0 Å². The van der Waals surface area contributed by atoms with E-state index in [-0.39, 0.29) is 11.4 Å². The number of rotatable bonds is 4. The summed E-state index contributed by atoms with van der Waals surface area (Å²) in [7, 11) is -3.54. The lowest BCUT2D eigenvalue weighted by Crippen LogP contribution is -2.48. The molecule has 1 aromatic rings. The van der Waals surface area contributed by atoms with Crippen molar-refractivity contribution in [3.8, 4) is 0 Å². The van der Waals surface area contributed by atoms with Gasteiger partial charge in [-0.2, -0.15) is 0 Å². The number of ether oxygens (including phenoxy) is 1. The first-order chi connectivity index (χ1) is 10.5. The molecule has 1 saturated carbocycles. The molecule has 3 N–H and O–H groups in total. The number of alkyl carbamates (subject to hydrolysis) is 1. The third-order valence-electron chi connectivity index (χ3n) is 3.84. The van der Waals surface area contributed by atoms with Crippen molar-refractivity contribution in [3.05, 3.63) is 29.8 Å². The van der Waals surface area contributed by atoms with Crippen LogP contribution in [-0.4, -0.2) is 37.4 Å². The maximum atomic E-state index is 12.7. The van der Waals surface area contributed by atoms with E-state index in [1.54, 1.807) is 45.0 Å². The molecule has 128 valence electrons. The van der Waals surface area contributed by atoms with Crippen molar-refractivity contribution in [2.24, 2.45) is 5.73 Å². The number of nitrogens with one attached hydrogen (secondary N) is 1. The largest absolute Gasteiger partial charge is 0.444 e. The molecule has 2 atom stereocenters. The molecule has 0 radical (unpaired) electrons. The molecule has 0 aromatic heterocycles. The third-order valence-corrected chi connectivity index (χ3v) is 6.14. The van der Waals surface area contributed by atoms with Gasteiger partial charge in [-0.1, -0.05) is 17.7 Å². The highest BCUT2D eigenvalue weighted by Gasteiger charge is 2.62. The van der Waals surface area contributed by atoms with E-state index < -0.39 is 32.3 Å². The van der Waals surface area contributed by atoms with Gasteiger partial charge < -0.3 is 15.8 Å². The Morgan fingerprint density at radius 1 is 1.35 bits per heavy atom. The first-order valence-electron chi connectivity index (χ1n) is 7.52. The van der Waals surface area contributed by atoms with Crippen LogP contribution in [0.25, 0.3) is 0 Å². The van der Waals surface area contributed by atoms with Gasteiger partial charge in [0.2, 0.25) is 0 Å². The summed E-state index contributed by atoms with van der Waals surface area (Å²) in [4.78, 5) is 12.2. The Balaban J connectivity index is 2.16. The number of hydrogen-bond acceptors (Lipinski definition) is 5. The van der Waals surface area contributed by atoms with E-state index in [0.717, 1.165) is 5.56 Å². The maximum Gasteiger partial charge on any atom is 0.408 e. The van der Waals surface area contributed by atoms with E-state index in [2.05, 4.69) is 5.32 Å². The number of sulfone groups is 1. The zero-order chi connectivity index (χ0) is 17.5. The highest BCUT2D eigenvalue weighted by Crippen LogP contribution is 2.44. The normalized spacial score (nSPS) is 24.1. The van der Waals surface area contributed by atoms with Crippen molar-refractivity contribution in [1.82, 2.24) is 5.32 Å². The molecule has 0 heterocycles. The molecule has 1 amide bonds. The van der Waals surface area contributed by atoms with E-state index in [1.165, 1.54) is 0 Å². The molecule has 23 heavy (non-hydrogen) atoms. The van der Waals surface area contributed by atoms with Crippen LogP contribution in [0, 0.1) is 6.92 Å². The summed E-state index contributed by atoms with van der Waals surface area (Å²) in [5, 5.41) is 1.92. The SMILES string of the molecule is Cc1ccc(S(=O)(=O)[C@H]2C[C@]2(CN)NC(=O)OC(C)(C)C)cc1. The minimum absolute atomic E-state index is 0.0437. The van der Waals surface area contributed by atoms with E-state index in [9.17, 15) is 13.2 Å². The minimum Gasteiger partial charge on any atom is -0.444 e. The van der Waals surface area contributed by atoms with Gasteiger partial charge in [0.1, 0.15) is 5.60 Å². The molecule has 0 aliphatic heterocycles. The fourth-order valence-corrected chi connectivity index (χ4v) is 4.58. The Labute approximate surface area is 137 Å². The Morgan fingerprint density at radius 2 is 1.91 bits per heavy atom. The van der Waals surface area contributed by atoms with Crippen molar-refractivity contribution in [2.45, 2.75) is 55.4 Å². The minimum atomic E-state index is -3.54. The van der Waals surface area contributed by atoms with Crippen molar-refractivity contribution < 1.29 is 17.9 Å². The number of nitrogens with two attached hydrogens (primary N) is 1. The summed E-state index contributed by atoms with van der Waals surface area (Å²) in [6.45, 7) is 7.17. The van der Waals surface area contributed by atoms with Crippen molar-refractivity contribution >= 4 is 15.9 Å². The predicted octanol–water partition coefficient (Wildman–Crippen LogP) is 1.76. The number of amides is 1. The number of carbonyl (C=O) groups excluding carboxylic acids is 1. The topological polar surface area (TPSA) is 98.5 Å². The summed E-state index contributed by atoms with van der Waals surface area (Å²) in [6, 6.07) is 6.66. The Bertz CT molecular complexity index is 692. The van der Waals surface area contributed by atoms with Crippen LogP contribution in [-0.2, 0) is 14.6 Å². The van der Waals surface area contributed by atoms with Gasteiger partial charge in [0.05, 0.1) is 15.7 Å². The van der Waals surface area contributed by atoms with Gasteiger partial charge in [-0.15, -0.1) is 0 Å². The monoisotopic (exact) mass is 340 g/mol. The first-order valence-corrected chi connectivity index (χ1v) is 9.07. The van der Waals surface area contributed by atoms with Gasteiger partial charge >= 0.3 is 6.09 Å². The van der Waals surface area contributed by atoms with Crippen LogP contribution in [0.2, 0.25) is 0 Å². The van der Waals surface area contributed by atoms with Crippen LogP contribution in [0.15, 0.2) is 29.2 Å². The van der Waals surface area contributed by atoms with E-state index in [4.69, 9.17) is 10.5 Å². The average Bonchev–Trinajstić information content (AvgIpc) is 3.12. The second-order valence-electron chi connectivity index (χ2n) is 7.04. The molecule has 0 bridgehead atoms. The van der Waals surface area contributed by atoms with Crippen LogP contribution in [0.1, 0.15) is 32.8 Å². The summed E-state index contributed by atoms with van der Waals surface area (Å²) in [6.07, 6.45) is -0.358. The van der Waals surface area contributed by atoms with Crippen LogP contribution < -0.4 is 11.1 Å². The zero-order valence-electron chi connectivity index (χ0n) is 13.9. The molecule has 7 heteroatoms. The van der Waals surface area contributed by atoms with Gasteiger partial charge in [-0.25, -0.2) is 13.2 Å². The molecular weight excluding hydrogens is 316 g/mol. The second-order valence-corrected chi connectivity index (χ2v) is 9.17. The van der Waals surface area contributed by atoms with Crippen molar-refractivity contribution in [3.63, 3.8) is 0 Å². The fourth-order valence-electron chi connectivity index (χ4n) is 2.48. The molecule has 1 fully saturated rings. The van der Waals surface area contributed by atoms with Crippen LogP contribution >= 0.6 is 0 Å². The van der Waals surface area contributed by atoms with Crippen molar-refractivity contribution in [2.75, 3.05) is 6.54 Å². The van der Waals surface area contributed by atoms with Gasteiger partial charge in [0.15, 0.2) is 9.84 Å². The van der Waals surface area contributed by atoms with Crippen molar-refractivity contribution in [1.29, 1.82) is 0 Å². The fraction of sp³-hybridized carbons (Fsp3) is 0.562. The molecule has 0 spiro atoms. The van der Waals surface area contributed by atoms with E-state index >= 15 is 0 Å². The van der Waals surface area contributed by atoms with E-state index in [0.29, 0.717) is 6.42 Å². The summed E-state index contributed by atoms with van der Waals surface area (Å²) in [5.41, 5.74) is 5.11. The molecule has 2 rings (SSSR count). The number of benzene rings is 1. The lowest BCUT2D eigenvalue weighted by Gasteiger charge is -2.23. The zero-order valence-corrected chi connectivity index (χ0v) is 14.7. The number of aryl methyl sites for hydroxylation is 1. The Hall–Kier alpha value is -1.60. The molecular formula is C16H24N2O4S. The highest BCUT2D eigenvalue weighted by molar-refractivity contribution is 7.92. The smallest absolute Gasteiger partial charge is 0.408 e. The predicted molar refractivity (Wildman–Crippen MR) is 87.9 cm³/mol.